The van der Waals surface area contributed by atoms with Gasteiger partial charge in [-0.1, -0.05) is 30.3 Å². The number of rotatable bonds is 2. The molecule has 0 radical (unpaired) electrons. The van der Waals surface area contributed by atoms with Gasteiger partial charge in [0.05, 0.1) is 11.6 Å². The fourth-order valence-electron chi connectivity index (χ4n) is 4.45. The van der Waals surface area contributed by atoms with Gasteiger partial charge in [-0.25, -0.2) is 4.79 Å². The van der Waals surface area contributed by atoms with Crippen molar-refractivity contribution >= 4 is 38.4 Å². The van der Waals surface area contributed by atoms with E-state index < -0.39 is 0 Å². The summed E-state index contributed by atoms with van der Waals surface area (Å²) >= 11 is 0. The molecule has 29 heavy (non-hydrogen) atoms. The highest BCUT2D eigenvalue weighted by Gasteiger charge is 2.15. The van der Waals surface area contributed by atoms with E-state index in [-0.39, 0.29) is 5.63 Å². The minimum absolute atomic E-state index is 0.322. The summed E-state index contributed by atoms with van der Waals surface area (Å²) in [4.78, 5) is 14.7. The van der Waals surface area contributed by atoms with Crippen LogP contribution < -0.4 is 10.5 Å². The highest BCUT2D eigenvalue weighted by atomic mass is 16.4. The molecule has 3 aromatic carbocycles. The van der Waals surface area contributed by atoms with E-state index in [4.69, 9.17) is 8.83 Å². The summed E-state index contributed by atoms with van der Waals surface area (Å²) in [5, 5.41) is 3.44. The number of fused-ring (bicyclic) bond motifs is 4. The fourth-order valence-corrected chi connectivity index (χ4v) is 4.45. The predicted molar refractivity (Wildman–Crippen MR) is 117 cm³/mol. The molecule has 4 heteroatoms. The molecule has 0 spiro atoms. The highest BCUT2D eigenvalue weighted by Crippen LogP contribution is 2.36. The molecule has 0 N–H and O–H groups in total. The number of hydrogen-bond donors (Lipinski definition) is 0. The van der Waals surface area contributed by atoms with Crippen molar-refractivity contribution in [1.29, 1.82) is 0 Å². The van der Waals surface area contributed by atoms with Crippen molar-refractivity contribution in [3.05, 3.63) is 77.3 Å². The monoisotopic (exact) mass is 381 g/mol. The van der Waals surface area contributed by atoms with Gasteiger partial charge in [-0.3, -0.25) is 0 Å². The summed E-state index contributed by atoms with van der Waals surface area (Å²) in [6.45, 7) is 2.27. The van der Waals surface area contributed by atoms with Crippen LogP contribution in [0.15, 0.2) is 80.6 Å². The third-order valence-corrected chi connectivity index (χ3v) is 5.97. The molecule has 3 heterocycles. The summed E-state index contributed by atoms with van der Waals surface area (Å²) in [6.07, 6.45) is 4.32. The van der Waals surface area contributed by atoms with Crippen molar-refractivity contribution in [2.75, 3.05) is 18.0 Å². The van der Waals surface area contributed by atoms with Gasteiger partial charge in [0.15, 0.2) is 0 Å². The molecule has 0 unspecified atom stereocenters. The first-order chi connectivity index (χ1) is 14.3. The zero-order valence-corrected chi connectivity index (χ0v) is 15.9. The van der Waals surface area contributed by atoms with Crippen LogP contribution in [0, 0.1) is 0 Å². The van der Waals surface area contributed by atoms with Crippen LogP contribution >= 0.6 is 0 Å². The predicted octanol–water partition coefficient (Wildman–Crippen LogP) is 5.96. The van der Waals surface area contributed by atoms with Crippen LogP contribution in [0.2, 0.25) is 0 Å². The average molecular weight is 381 g/mol. The second kappa shape index (κ2) is 6.24. The van der Waals surface area contributed by atoms with E-state index in [1.165, 1.54) is 18.5 Å². The summed E-state index contributed by atoms with van der Waals surface area (Å²) < 4.78 is 11.4. The Labute approximate surface area is 167 Å². The first-order valence-corrected chi connectivity index (χ1v) is 10.0. The molecule has 6 rings (SSSR count). The minimum Gasteiger partial charge on any atom is -0.464 e. The third-order valence-electron chi connectivity index (χ3n) is 5.97. The van der Waals surface area contributed by atoms with E-state index in [9.17, 15) is 4.79 Å². The molecule has 0 amide bonds. The number of nitrogens with zero attached hydrogens (tertiary/aromatic N) is 1. The standard InChI is InChI=1S/C25H19NO3/c27-25-19-6-2-1-5-18(19)20-13-21-22(15-28-23(21)14-24(20)29-25)16-7-9-17(10-8-16)26-11-3-4-12-26/h1-2,5-10,13-15H,3-4,11-12H2. The molecule has 1 aliphatic rings. The molecule has 0 aliphatic carbocycles. The summed E-state index contributed by atoms with van der Waals surface area (Å²) in [5.74, 6) is 0. The van der Waals surface area contributed by atoms with E-state index in [1.807, 2.05) is 24.3 Å². The van der Waals surface area contributed by atoms with Crippen molar-refractivity contribution in [3.63, 3.8) is 0 Å². The molecule has 2 aromatic heterocycles. The van der Waals surface area contributed by atoms with Gasteiger partial charge in [0.25, 0.3) is 0 Å². The molecule has 142 valence electrons. The van der Waals surface area contributed by atoms with Gasteiger partial charge in [0, 0.05) is 41.2 Å². The largest absolute Gasteiger partial charge is 0.464 e. The van der Waals surface area contributed by atoms with Crippen LogP contribution in [0.1, 0.15) is 12.8 Å². The number of anilines is 1. The lowest BCUT2D eigenvalue weighted by Crippen LogP contribution is -2.17. The molecule has 0 bridgehead atoms. The number of hydrogen-bond acceptors (Lipinski definition) is 4. The van der Waals surface area contributed by atoms with Gasteiger partial charge in [0.1, 0.15) is 11.2 Å². The zero-order chi connectivity index (χ0) is 19.4. The minimum atomic E-state index is -0.322. The van der Waals surface area contributed by atoms with Gasteiger partial charge >= 0.3 is 5.63 Å². The lowest BCUT2D eigenvalue weighted by molar-refractivity contribution is 0.567. The Bertz CT molecular complexity index is 1420. The quantitative estimate of drug-likeness (QED) is 0.280. The maximum absolute atomic E-state index is 12.3. The Morgan fingerprint density at radius 3 is 2.31 bits per heavy atom. The second-order valence-electron chi connectivity index (χ2n) is 7.67. The third kappa shape index (κ3) is 2.56. The maximum Gasteiger partial charge on any atom is 0.344 e. The Balaban J connectivity index is 1.53. The molecule has 0 atom stereocenters. The van der Waals surface area contributed by atoms with Crippen LogP contribution in [0.5, 0.6) is 0 Å². The lowest BCUT2D eigenvalue weighted by Gasteiger charge is -2.17. The normalized spacial score (nSPS) is 14.4. The highest BCUT2D eigenvalue weighted by molar-refractivity contribution is 6.10. The molecular weight excluding hydrogens is 362 g/mol. The van der Waals surface area contributed by atoms with Gasteiger partial charge in [-0.05, 0) is 48.1 Å². The summed E-state index contributed by atoms with van der Waals surface area (Å²) in [6, 6.07) is 20.2. The van der Waals surface area contributed by atoms with Crippen LogP contribution in [-0.2, 0) is 0 Å². The fraction of sp³-hybridized carbons (Fsp3) is 0.160. The number of furan rings is 1. The topological polar surface area (TPSA) is 46.6 Å². The van der Waals surface area contributed by atoms with Gasteiger partial charge in [-0.2, -0.15) is 0 Å². The smallest absolute Gasteiger partial charge is 0.344 e. The molecule has 5 aromatic rings. The average Bonchev–Trinajstić information content (AvgIpc) is 3.43. The van der Waals surface area contributed by atoms with Crippen LogP contribution in [0.4, 0.5) is 5.69 Å². The van der Waals surface area contributed by atoms with Gasteiger partial charge < -0.3 is 13.7 Å². The Morgan fingerprint density at radius 1 is 0.759 bits per heavy atom. The first-order valence-electron chi connectivity index (χ1n) is 10.0. The van der Waals surface area contributed by atoms with Crippen LogP contribution in [0.3, 0.4) is 0 Å². The van der Waals surface area contributed by atoms with Crippen molar-refractivity contribution in [2.24, 2.45) is 0 Å². The molecule has 4 nitrogen and oxygen atoms in total. The van der Waals surface area contributed by atoms with Crippen LogP contribution in [-0.4, -0.2) is 13.1 Å². The van der Waals surface area contributed by atoms with Crippen molar-refractivity contribution < 1.29 is 8.83 Å². The molecule has 1 saturated heterocycles. The second-order valence-corrected chi connectivity index (χ2v) is 7.67. The Kier molecular flexibility index (Phi) is 3.54. The van der Waals surface area contributed by atoms with E-state index >= 15 is 0 Å². The SMILES string of the molecule is O=c1oc2cc3occ(-c4ccc(N5CCCC5)cc4)c3cc2c2ccccc12. The van der Waals surface area contributed by atoms with Crippen LogP contribution in [0.25, 0.3) is 43.8 Å². The summed E-state index contributed by atoms with van der Waals surface area (Å²) in [5.41, 5.74) is 4.38. The van der Waals surface area contributed by atoms with E-state index in [1.54, 1.807) is 12.3 Å². The van der Waals surface area contributed by atoms with Gasteiger partial charge in [0.2, 0.25) is 0 Å². The zero-order valence-electron chi connectivity index (χ0n) is 15.9. The lowest BCUT2D eigenvalue weighted by atomic mass is 10.0. The molecular formula is C25H19NO3. The summed E-state index contributed by atoms with van der Waals surface area (Å²) in [7, 11) is 0. The molecule has 1 fully saturated rings. The van der Waals surface area contributed by atoms with E-state index in [2.05, 4.69) is 35.2 Å². The van der Waals surface area contributed by atoms with Crippen molar-refractivity contribution in [3.8, 4) is 11.1 Å². The van der Waals surface area contributed by atoms with E-state index in [0.717, 1.165) is 46.0 Å². The van der Waals surface area contributed by atoms with Crippen molar-refractivity contribution in [1.82, 2.24) is 0 Å². The van der Waals surface area contributed by atoms with Gasteiger partial charge in [-0.15, -0.1) is 0 Å². The maximum atomic E-state index is 12.3. The van der Waals surface area contributed by atoms with Crippen molar-refractivity contribution in [2.45, 2.75) is 12.8 Å². The first kappa shape index (κ1) is 16.4. The Morgan fingerprint density at radius 2 is 1.52 bits per heavy atom. The Hall–Kier alpha value is -3.53. The molecule has 0 saturated carbocycles. The van der Waals surface area contributed by atoms with E-state index in [0.29, 0.717) is 11.0 Å². The number of benzene rings is 3. The molecule has 1 aliphatic heterocycles.